The van der Waals surface area contributed by atoms with Crippen molar-refractivity contribution in [3.05, 3.63) is 46.6 Å². The minimum absolute atomic E-state index is 0.0123. The van der Waals surface area contributed by atoms with Crippen LogP contribution in [0.2, 0.25) is 0 Å². The number of ether oxygens (including phenoxy) is 2. The Labute approximate surface area is 131 Å². The summed E-state index contributed by atoms with van der Waals surface area (Å²) in [5.41, 5.74) is 0.400. The molecule has 0 unspecified atom stereocenters. The first-order valence-corrected chi connectivity index (χ1v) is 6.76. The molecule has 118 valence electrons. The molecule has 0 saturated carbocycles. The number of rotatable bonds is 3. The number of phenols is 2. The molecule has 3 rings (SSSR count). The summed E-state index contributed by atoms with van der Waals surface area (Å²) in [5.74, 6) is 0.493. The molecule has 0 radical (unpaired) electrons. The van der Waals surface area contributed by atoms with E-state index in [2.05, 4.69) is 0 Å². The van der Waals surface area contributed by atoms with Crippen LogP contribution in [0.3, 0.4) is 0 Å². The van der Waals surface area contributed by atoms with E-state index in [9.17, 15) is 15.0 Å². The SMILES string of the molecule is COc1cc(-c2cc(=O)c3c(O)c(OC)ccc3o2)ccc1O. The minimum Gasteiger partial charge on any atom is -0.504 e. The summed E-state index contributed by atoms with van der Waals surface area (Å²) in [5, 5.41) is 19.8. The Morgan fingerprint density at radius 3 is 2.39 bits per heavy atom. The van der Waals surface area contributed by atoms with Crippen molar-refractivity contribution >= 4 is 11.0 Å². The van der Waals surface area contributed by atoms with Gasteiger partial charge in [0.05, 0.1) is 14.2 Å². The van der Waals surface area contributed by atoms with Crippen molar-refractivity contribution in [2.45, 2.75) is 0 Å². The lowest BCUT2D eigenvalue weighted by atomic mass is 10.1. The van der Waals surface area contributed by atoms with Gasteiger partial charge >= 0.3 is 0 Å². The van der Waals surface area contributed by atoms with Gasteiger partial charge in [0.25, 0.3) is 0 Å². The zero-order valence-electron chi connectivity index (χ0n) is 12.5. The number of hydrogen-bond donors (Lipinski definition) is 2. The summed E-state index contributed by atoms with van der Waals surface area (Å²) >= 11 is 0. The Kier molecular flexibility index (Phi) is 3.57. The molecule has 1 aromatic heterocycles. The Hall–Kier alpha value is -3.15. The molecular formula is C17H14O6. The lowest BCUT2D eigenvalue weighted by Crippen LogP contribution is -2.01. The van der Waals surface area contributed by atoms with Crippen LogP contribution >= 0.6 is 0 Å². The van der Waals surface area contributed by atoms with Crippen molar-refractivity contribution in [3.63, 3.8) is 0 Å². The van der Waals surface area contributed by atoms with Crippen LogP contribution in [0, 0.1) is 0 Å². The van der Waals surface area contributed by atoms with Crippen molar-refractivity contribution < 1.29 is 24.1 Å². The Morgan fingerprint density at radius 1 is 0.957 bits per heavy atom. The number of methoxy groups -OCH3 is 2. The molecule has 0 spiro atoms. The van der Waals surface area contributed by atoms with Crippen LogP contribution in [0.15, 0.2) is 45.6 Å². The van der Waals surface area contributed by atoms with Gasteiger partial charge in [0.15, 0.2) is 28.4 Å². The first-order valence-electron chi connectivity index (χ1n) is 6.76. The average Bonchev–Trinajstić information content (AvgIpc) is 2.55. The summed E-state index contributed by atoms with van der Waals surface area (Å²) in [6.07, 6.45) is 0. The largest absolute Gasteiger partial charge is 0.504 e. The van der Waals surface area contributed by atoms with Crippen LogP contribution in [-0.4, -0.2) is 24.4 Å². The molecule has 2 aromatic carbocycles. The maximum Gasteiger partial charge on any atom is 0.197 e. The van der Waals surface area contributed by atoms with Crippen LogP contribution < -0.4 is 14.9 Å². The first kappa shape index (κ1) is 14.8. The van der Waals surface area contributed by atoms with Gasteiger partial charge in [0, 0.05) is 11.6 Å². The van der Waals surface area contributed by atoms with Crippen LogP contribution in [-0.2, 0) is 0 Å². The van der Waals surface area contributed by atoms with Gasteiger partial charge in [0.1, 0.15) is 16.7 Å². The van der Waals surface area contributed by atoms with Crippen LogP contribution in [0.4, 0.5) is 0 Å². The zero-order chi connectivity index (χ0) is 16.6. The molecule has 6 heteroatoms. The molecule has 0 aliphatic rings. The molecular weight excluding hydrogens is 300 g/mol. The topological polar surface area (TPSA) is 89.1 Å². The summed E-state index contributed by atoms with van der Waals surface area (Å²) in [6, 6.07) is 8.95. The zero-order valence-corrected chi connectivity index (χ0v) is 12.5. The van der Waals surface area contributed by atoms with E-state index in [0.717, 1.165) is 0 Å². The number of phenolic OH excluding ortho intramolecular Hbond substituents is 2. The number of aromatic hydroxyl groups is 2. The molecule has 0 saturated heterocycles. The summed E-state index contributed by atoms with van der Waals surface area (Å²) < 4.78 is 15.7. The number of fused-ring (bicyclic) bond motifs is 1. The van der Waals surface area contributed by atoms with Crippen LogP contribution in [0.1, 0.15) is 0 Å². The molecule has 0 bridgehead atoms. The van der Waals surface area contributed by atoms with Crippen molar-refractivity contribution in [1.29, 1.82) is 0 Å². The molecule has 3 aromatic rings. The summed E-state index contributed by atoms with van der Waals surface area (Å²) in [6.45, 7) is 0. The third-order valence-electron chi connectivity index (χ3n) is 3.52. The van der Waals surface area contributed by atoms with E-state index in [1.165, 1.54) is 32.4 Å². The molecule has 0 amide bonds. The van der Waals surface area contributed by atoms with Gasteiger partial charge in [-0.25, -0.2) is 0 Å². The smallest absolute Gasteiger partial charge is 0.197 e. The third kappa shape index (κ3) is 2.44. The minimum atomic E-state index is -0.398. The maximum absolute atomic E-state index is 12.3. The highest BCUT2D eigenvalue weighted by Gasteiger charge is 2.15. The van der Waals surface area contributed by atoms with Gasteiger partial charge in [-0.15, -0.1) is 0 Å². The highest BCUT2D eigenvalue weighted by atomic mass is 16.5. The number of benzene rings is 2. The lowest BCUT2D eigenvalue weighted by Gasteiger charge is -2.09. The lowest BCUT2D eigenvalue weighted by molar-refractivity contribution is 0.373. The predicted molar refractivity (Wildman–Crippen MR) is 84.4 cm³/mol. The van der Waals surface area contributed by atoms with Crippen molar-refractivity contribution in [3.8, 4) is 34.3 Å². The normalized spacial score (nSPS) is 10.7. The molecule has 23 heavy (non-hydrogen) atoms. The fourth-order valence-electron chi connectivity index (χ4n) is 2.35. The van der Waals surface area contributed by atoms with Gasteiger partial charge in [-0.2, -0.15) is 0 Å². The molecule has 6 nitrogen and oxygen atoms in total. The second-order valence-corrected chi connectivity index (χ2v) is 4.85. The van der Waals surface area contributed by atoms with E-state index in [1.807, 2.05) is 0 Å². The van der Waals surface area contributed by atoms with E-state index in [1.54, 1.807) is 18.2 Å². The Morgan fingerprint density at radius 2 is 1.70 bits per heavy atom. The third-order valence-corrected chi connectivity index (χ3v) is 3.52. The Balaban J connectivity index is 2.23. The second-order valence-electron chi connectivity index (χ2n) is 4.85. The van der Waals surface area contributed by atoms with Gasteiger partial charge in [-0.3, -0.25) is 4.79 Å². The van der Waals surface area contributed by atoms with Gasteiger partial charge < -0.3 is 24.1 Å². The number of hydrogen-bond acceptors (Lipinski definition) is 6. The molecule has 0 aliphatic heterocycles. The summed E-state index contributed by atoms with van der Waals surface area (Å²) in [7, 11) is 2.83. The van der Waals surface area contributed by atoms with Crippen LogP contribution in [0.25, 0.3) is 22.3 Å². The van der Waals surface area contributed by atoms with Crippen molar-refractivity contribution in [1.82, 2.24) is 0 Å². The van der Waals surface area contributed by atoms with Gasteiger partial charge in [-0.05, 0) is 30.3 Å². The standard InChI is InChI=1S/C17H14O6/c1-21-13-6-5-12-16(17(13)20)11(19)8-14(23-12)9-3-4-10(18)15(7-9)22-2/h3-8,18,20H,1-2H3. The van der Waals surface area contributed by atoms with Crippen molar-refractivity contribution in [2.24, 2.45) is 0 Å². The van der Waals surface area contributed by atoms with E-state index in [-0.39, 0.29) is 34.0 Å². The molecule has 0 atom stereocenters. The maximum atomic E-state index is 12.3. The van der Waals surface area contributed by atoms with E-state index >= 15 is 0 Å². The monoisotopic (exact) mass is 314 g/mol. The van der Waals surface area contributed by atoms with E-state index in [0.29, 0.717) is 11.3 Å². The fourth-order valence-corrected chi connectivity index (χ4v) is 2.35. The Bertz CT molecular complexity index is 942. The van der Waals surface area contributed by atoms with Gasteiger partial charge in [0.2, 0.25) is 0 Å². The first-order chi connectivity index (χ1) is 11.0. The fraction of sp³-hybridized carbons (Fsp3) is 0.118. The van der Waals surface area contributed by atoms with Crippen molar-refractivity contribution in [2.75, 3.05) is 14.2 Å². The van der Waals surface area contributed by atoms with Crippen LogP contribution in [0.5, 0.6) is 23.0 Å². The highest BCUT2D eigenvalue weighted by molar-refractivity contribution is 5.87. The quantitative estimate of drug-likeness (QED) is 0.772. The second kappa shape index (κ2) is 5.57. The van der Waals surface area contributed by atoms with Gasteiger partial charge in [-0.1, -0.05) is 0 Å². The molecule has 2 N–H and O–H groups in total. The molecule has 0 aliphatic carbocycles. The van der Waals surface area contributed by atoms with E-state index < -0.39 is 5.43 Å². The molecule has 1 heterocycles. The predicted octanol–water partition coefficient (Wildman–Crippen LogP) is 2.89. The highest BCUT2D eigenvalue weighted by Crippen LogP contribution is 2.35. The van der Waals surface area contributed by atoms with E-state index in [4.69, 9.17) is 13.9 Å². The average molecular weight is 314 g/mol. The molecule has 0 fully saturated rings. The summed E-state index contributed by atoms with van der Waals surface area (Å²) in [4.78, 5) is 12.3.